The molecule has 0 spiro atoms. The van der Waals surface area contributed by atoms with Crippen LogP contribution in [0.1, 0.15) is 32.9 Å². The minimum Gasteiger partial charge on any atom is -0.344 e. The third-order valence-electron chi connectivity index (χ3n) is 3.19. The van der Waals surface area contributed by atoms with Crippen molar-refractivity contribution in [3.63, 3.8) is 0 Å². The topological polar surface area (TPSA) is 63.1 Å². The summed E-state index contributed by atoms with van der Waals surface area (Å²) in [6, 6.07) is -0.0743. The molecule has 1 N–H and O–H groups in total. The van der Waals surface area contributed by atoms with E-state index in [-0.39, 0.29) is 17.5 Å². The van der Waals surface area contributed by atoms with Crippen LogP contribution in [0.2, 0.25) is 0 Å². The Morgan fingerprint density at radius 1 is 1.50 bits per heavy atom. The molecule has 0 radical (unpaired) electrons. The molecule has 6 heteroatoms. The normalized spacial score (nSPS) is 20.8. The predicted octanol–water partition coefficient (Wildman–Crippen LogP) is 0.353. The van der Waals surface area contributed by atoms with Crippen LogP contribution in [0.15, 0.2) is 6.20 Å². The Labute approximate surface area is 107 Å². The van der Waals surface area contributed by atoms with Crippen LogP contribution >= 0.6 is 0 Å². The van der Waals surface area contributed by atoms with Crippen LogP contribution in [0.25, 0.3) is 0 Å². The van der Waals surface area contributed by atoms with Gasteiger partial charge >= 0.3 is 0 Å². The number of carbonyl (C=O) groups excluding carboxylic acids is 1. The van der Waals surface area contributed by atoms with Gasteiger partial charge in [-0.15, -0.1) is 5.10 Å². The number of nitrogens with one attached hydrogen (secondary N) is 1. The van der Waals surface area contributed by atoms with Gasteiger partial charge in [0.1, 0.15) is 0 Å². The second-order valence-electron chi connectivity index (χ2n) is 5.81. The molecule has 0 aromatic carbocycles. The standard InChI is InChI=1S/C12H21N5O/c1-12(2,3)17-8-9(14-15-17)7-13-10-5-6-16(4)11(10)18/h8,10,13H,5-7H2,1-4H3. The number of nitrogens with zero attached hydrogens (tertiary/aromatic N) is 4. The molecule has 0 aliphatic carbocycles. The molecular weight excluding hydrogens is 230 g/mol. The van der Waals surface area contributed by atoms with Crippen LogP contribution in [0.5, 0.6) is 0 Å². The van der Waals surface area contributed by atoms with Crippen molar-refractivity contribution in [2.24, 2.45) is 0 Å². The second kappa shape index (κ2) is 4.68. The highest BCUT2D eigenvalue weighted by Gasteiger charge is 2.28. The van der Waals surface area contributed by atoms with E-state index in [9.17, 15) is 4.79 Å². The molecule has 100 valence electrons. The van der Waals surface area contributed by atoms with Gasteiger partial charge < -0.3 is 4.90 Å². The van der Waals surface area contributed by atoms with E-state index in [4.69, 9.17) is 0 Å². The number of carbonyl (C=O) groups is 1. The van der Waals surface area contributed by atoms with Crippen molar-refractivity contribution in [3.05, 3.63) is 11.9 Å². The van der Waals surface area contributed by atoms with Gasteiger partial charge in [0.15, 0.2) is 0 Å². The zero-order valence-electron chi connectivity index (χ0n) is 11.5. The van der Waals surface area contributed by atoms with Crippen molar-refractivity contribution in [3.8, 4) is 0 Å². The van der Waals surface area contributed by atoms with E-state index < -0.39 is 0 Å². The third-order valence-corrected chi connectivity index (χ3v) is 3.19. The average molecular weight is 251 g/mol. The quantitative estimate of drug-likeness (QED) is 0.842. The molecule has 1 aromatic heterocycles. The summed E-state index contributed by atoms with van der Waals surface area (Å²) in [4.78, 5) is 13.5. The number of hydrogen-bond donors (Lipinski definition) is 1. The van der Waals surface area contributed by atoms with E-state index in [1.807, 2.05) is 17.9 Å². The lowest BCUT2D eigenvalue weighted by Gasteiger charge is -2.17. The highest BCUT2D eigenvalue weighted by Crippen LogP contribution is 2.12. The van der Waals surface area contributed by atoms with Crippen LogP contribution in [-0.2, 0) is 16.9 Å². The van der Waals surface area contributed by atoms with Crippen molar-refractivity contribution in [1.29, 1.82) is 0 Å². The predicted molar refractivity (Wildman–Crippen MR) is 67.9 cm³/mol. The zero-order chi connectivity index (χ0) is 13.3. The van der Waals surface area contributed by atoms with Crippen molar-refractivity contribution in [2.45, 2.75) is 45.3 Å². The first-order chi connectivity index (χ1) is 8.38. The number of likely N-dealkylation sites (N-methyl/N-ethyl adjacent to an activating group) is 1. The van der Waals surface area contributed by atoms with Crippen molar-refractivity contribution in [1.82, 2.24) is 25.2 Å². The van der Waals surface area contributed by atoms with E-state index >= 15 is 0 Å². The smallest absolute Gasteiger partial charge is 0.239 e. The number of aromatic nitrogens is 3. The highest BCUT2D eigenvalue weighted by atomic mass is 16.2. The molecule has 2 rings (SSSR count). The van der Waals surface area contributed by atoms with Crippen LogP contribution in [0.3, 0.4) is 0 Å². The molecule has 1 atom stereocenters. The largest absolute Gasteiger partial charge is 0.344 e. The Morgan fingerprint density at radius 2 is 2.22 bits per heavy atom. The van der Waals surface area contributed by atoms with E-state index in [1.54, 1.807) is 4.90 Å². The van der Waals surface area contributed by atoms with E-state index in [0.29, 0.717) is 6.54 Å². The molecule has 1 saturated heterocycles. The molecule has 18 heavy (non-hydrogen) atoms. The van der Waals surface area contributed by atoms with E-state index in [0.717, 1.165) is 18.7 Å². The molecule has 1 fully saturated rings. The number of likely N-dealkylation sites (tertiary alicyclic amines) is 1. The first kappa shape index (κ1) is 13.0. The maximum Gasteiger partial charge on any atom is 0.239 e. The molecule has 0 saturated carbocycles. The molecule has 1 amide bonds. The van der Waals surface area contributed by atoms with Gasteiger partial charge in [0.2, 0.25) is 5.91 Å². The second-order valence-corrected chi connectivity index (χ2v) is 5.81. The van der Waals surface area contributed by atoms with E-state index in [2.05, 4.69) is 36.4 Å². The van der Waals surface area contributed by atoms with Gasteiger partial charge in [0, 0.05) is 20.1 Å². The maximum absolute atomic E-state index is 11.7. The Balaban J connectivity index is 1.91. The SMILES string of the molecule is CN1CCC(NCc2cn(C(C)(C)C)nn2)C1=O. The summed E-state index contributed by atoms with van der Waals surface area (Å²) in [7, 11) is 1.83. The zero-order valence-corrected chi connectivity index (χ0v) is 11.5. The molecule has 2 heterocycles. The van der Waals surface area contributed by atoms with Crippen molar-refractivity contribution >= 4 is 5.91 Å². The summed E-state index contributed by atoms with van der Waals surface area (Å²) < 4.78 is 1.84. The lowest BCUT2D eigenvalue weighted by Crippen LogP contribution is -2.36. The number of hydrogen-bond acceptors (Lipinski definition) is 4. The number of amides is 1. The first-order valence-electron chi connectivity index (χ1n) is 6.28. The van der Waals surface area contributed by atoms with Gasteiger partial charge in [-0.25, -0.2) is 4.68 Å². The molecule has 1 aliphatic heterocycles. The third kappa shape index (κ3) is 2.69. The molecular formula is C12H21N5O. The first-order valence-corrected chi connectivity index (χ1v) is 6.28. The fourth-order valence-corrected chi connectivity index (χ4v) is 1.95. The Bertz CT molecular complexity index is 434. The maximum atomic E-state index is 11.7. The van der Waals surface area contributed by atoms with Gasteiger partial charge in [-0.2, -0.15) is 0 Å². The van der Waals surface area contributed by atoms with Crippen LogP contribution < -0.4 is 5.32 Å². The summed E-state index contributed by atoms with van der Waals surface area (Å²) in [6.07, 6.45) is 2.79. The van der Waals surface area contributed by atoms with Gasteiger partial charge in [-0.05, 0) is 27.2 Å². The monoisotopic (exact) mass is 251 g/mol. The molecule has 6 nitrogen and oxygen atoms in total. The lowest BCUT2D eigenvalue weighted by atomic mass is 10.1. The Hall–Kier alpha value is -1.43. The van der Waals surface area contributed by atoms with Crippen LogP contribution in [0.4, 0.5) is 0 Å². The minimum absolute atomic E-state index is 0.0609. The van der Waals surface area contributed by atoms with E-state index in [1.165, 1.54) is 0 Å². The summed E-state index contributed by atoms with van der Waals surface area (Å²) >= 11 is 0. The summed E-state index contributed by atoms with van der Waals surface area (Å²) in [5.41, 5.74) is 0.807. The van der Waals surface area contributed by atoms with Crippen LogP contribution in [-0.4, -0.2) is 45.4 Å². The molecule has 0 bridgehead atoms. The fraction of sp³-hybridized carbons (Fsp3) is 0.750. The number of rotatable bonds is 3. The average Bonchev–Trinajstić information content (AvgIpc) is 2.86. The van der Waals surface area contributed by atoms with Gasteiger partial charge in [-0.3, -0.25) is 10.1 Å². The van der Waals surface area contributed by atoms with Gasteiger partial charge in [0.25, 0.3) is 0 Å². The molecule has 1 aliphatic rings. The van der Waals surface area contributed by atoms with Gasteiger partial charge in [0.05, 0.1) is 23.5 Å². The lowest BCUT2D eigenvalue weighted by molar-refractivity contribution is -0.128. The summed E-state index contributed by atoms with van der Waals surface area (Å²) in [5.74, 6) is 0.165. The highest BCUT2D eigenvalue weighted by molar-refractivity contribution is 5.83. The van der Waals surface area contributed by atoms with Gasteiger partial charge in [-0.1, -0.05) is 5.21 Å². The summed E-state index contributed by atoms with van der Waals surface area (Å²) in [6.45, 7) is 7.64. The molecule has 1 unspecified atom stereocenters. The Morgan fingerprint density at radius 3 is 2.72 bits per heavy atom. The van der Waals surface area contributed by atoms with Crippen molar-refractivity contribution < 1.29 is 4.79 Å². The molecule has 1 aromatic rings. The Kier molecular flexibility index (Phi) is 3.38. The minimum atomic E-state index is -0.0743. The fourth-order valence-electron chi connectivity index (χ4n) is 1.95. The van der Waals surface area contributed by atoms with Crippen LogP contribution in [0, 0.1) is 0 Å². The van der Waals surface area contributed by atoms with Crippen molar-refractivity contribution in [2.75, 3.05) is 13.6 Å². The summed E-state index contributed by atoms with van der Waals surface area (Å²) in [5, 5.41) is 11.4.